The summed E-state index contributed by atoms with van der Waals surface area (Å²) in [6.07, 6.45) is 0. The fourth-order valence-electron chi connectivity index (χ4n) is 3.01. The molecular formula is C19H14ClFN4O3. The molecule has 0 N–H and O–H groups in total. The number of halogens is 2. The van der Waals surface area contributed by atoms with E-state index in [9.17, 15) is 14.0 Å². The van der Waals surface area contributed by atoms with Crippen LogP contribution in [0.4, 0.5) is 4.39 Å². The normalized spacial score (nSPS) is 11.2. The van der Waals surface area contributed by atoms with Crippen molar-refractivity contribution in [2.24, 2.45) is 0 Å². The van der Waals surface area contributed by atoms with Gasteiger partial charge in [0.25, 0.3) is 5.56 Å². The van der Waals surface area contributed by atoms with Crippen LogP contribution < -0.4 is 11.2 Å². The summed E-state index contributed by atoms with van der Waals surface area (Å²) in [7, 11) is 0. The predicted molar refractivity (Wildman–Crippen MR) is 102 cm³/mol. The van der Waals surface area contributed by atoms with Gasteiger partial charge in [0.05, 0.1) is 15.9 Å². The standard InChI is InChI=1S/C19H14ClFN4O3/c1-2-24-18(26)12-5-3-4-6-15(12)25(19(24)27)10-16-22-17(23-28-16)11-7-8-14(21)13(20)9-11/h3-9H,2,10H2,1H3. The molecule has 9 heteroatoms. The highest BCUT2D eigenvalue weighted by Gasteiger charge is 2.16. The molecule has 142 valence electrons. The lowest BCUT2D eigenvalue weighted by Gasteiger charge is -2.11. The van der Waals surface area contributed by atoms with Gasteiger partial charge in [-0.2, -0.15) is 4.98 Å². The van der Waals surface area contributed by atoms with Crippen molar-refractivity contribution in [3.05, 3.63) is 80.0 Å². The van der Waals surface area contributed by atoms with E-state index in [0.717, 1.165) is 4.57 Å². The zero-order chi connectivity index (χ0) is 19.8. The SMILES string of the molecule is CCn1c(=O)c2ccccc2n(Cc2nc(-c3ccc(F)c(Cl)c3)no2)c1=O. The van der Waals surface area contributed by atoms with Gasteiger partial charge in [-0.3, -0.25) is 13.9 Å². The second-order valence-corrected chi connectivity index (χ2v) is 6.48. The van der Waals surface area contributed by atoms with Gasteiger partial charge in [0, 0.05) is 12.1 Å². The zero-order valence-corrected chi connectivity index (χ0v) is 15.5. The molecule has 0 bridgehead atoms. The molecule has 0 amide bonds. The first kappa shape index (κ1) is 18.1. The van der Waals surface area contributed by atoms with Gasteiger partial charge in [0.15, 0.2) is 0 Å². The first-order valence-electron chi connectivity index (χ1n) is 8.50. The maximum atomic E-state index is 13.3. The fourth-order valence-corrected chi connectivity index (χ4v) is 3.19. The van der Waals surface area contributed by atoms with Crippen LogP contribution in [0.25, 0.3) is 22.3 Å². The molecule has 0 aliphatic rings. The highest BCUT2D eigenvalue weighted by Crippen LogP contribution is 2.23. The second kappa shape index (κ2) is 7.05. The number of rotatable bonds is 4. The molecular weight excluding hydrogens is 387 g/mol. The molecule has 4 aromatic rings. The number of aromatic nitrogens is 4. The summed E-state index contributed by atoms with van der Waals surface area (Å²) in [5.74, 6) is -0.156. The minimum Gasteiger partial charge on any atom is -0.337 e. The monoisotopic (exact) mass is 400 g/mol. The fraction of sp³-hybridized carbons (Fsp3) is 0.158. The van der Waals surface area contributed by atoms with Crippen LogP contribution in [-0.2, 0) is 13.1 Å². The van der Waals surface area contributed by atoms with E-state index in [2.05, 4.69) is 10.1 Å². The maximum absolute atomic E-state index is 13.3. The topological polar surface area (TPSA) is 82.9 Å². The highest BCUT2D eigenvalue weighted by atomic mass is 35.5. The Morgan fingerprint density at radius 1 is 1.14 bits per heavy atom. The third-order valence-corrected chi connectivity index (χ3v) is 4.68. The third kappa shape index (κ3) is 3.01. The molecule has 0 aliphatic heterocycles. The molecule has 2 heterocycles. The van der Waals surface area contributed by atoms with E-state index in [0.29, 0.717) is 16.5 Å². The van der Waals surface area contributed by atoms with Gasteiger partial charge in [-0.15, -0.1) is 0 Å². The van der Waals surface area contributed by atoms with Crippen molar-refractivity contribution in [3.63, 3.8) is 0 Å². The molecule has 0 aliphatic carbocycles. The van der Waals surface area contributed by atoms with Crippen molar-refractivity contribution in [1.82, 2.24) is 19.3 Å². The van der Waals surface area contributed by atoms with E-state index in [1.807, 2.05) is 0 Å². The van der Waals surface area contributed by atoms with Crippen LogP contribution in [0.3, 0.4) is 0 Å². The van der Waals surface area contributed by atoms with Gasteiger partial charge >= 0.3 is 5.69 Å². The molecule has 2 aromatic heterocycles. The summed E-state index contributed by atoms with van der Waals surface area (Å²) in [6.45, 7) is 1.96. The van der Waals surface area contributed by atoms with E-state index < -0.39 is 11.5 Å². The molecule has 0 radical (unpaired) electrons. The minimum absolute atomic E-state index is 0.0123. The van der Waals surface area contributed by atoms with E-state index >= 15 is 0 Å². The molecule has 7 nitrogen and oxygen atoms in total. The van der Waals surface area contributed by atoms with Gasteiger partial charge in [0.1, 0.15) is 12.4 Å². The van der Waals surface area contributed by atoms with Crippen molar-refractivity contribution in [1.29, 1.82) is 0 Å². The summed E-state index contributed by atoms with van der Waals surface area (Å²) in [6, 6.07) is 10.9. The smallest absolute Gasteiger partial charge is 0.331 e. The van der Waals surface area contributed by atoms with E-state index in [1.165, 1.54) is 22.8 Å². The van der Waals surface area contributed by atoms with Crippen LogP contribution in [-0.4, -0.2) is 19.3 Å². The third-order valence-electron chi connectivity index (χ3n) is 4.39. The summed E-state index contributed by atoms with van der Waals surface area (Å²) < 4.78 is 21.2. The van der Waals surface area contributed by atoms with Gasteiger partial charge < -0.3 is 4.52 Å². The minimum atomic E-state index is -0.547. The number of para-hydroxylation sites is 1. The van der Waals surface area contributed by atoms with Crippen LogP contribution in [0.15, 0.2) is 56.6 Å². The summed E-state index contributed by atoms with van der Waals surface area (Å²) in [5.41, 5.74) is 0.159. The van der Waals surface area contributed by atoms with Crippen LogP contribution in [0, 0.1) is 5.82 Å². The van der Waals surface area contributed by atoms with Gasteiger partial charge in [-0.25, -0.2) is 9.18 Å². The van der Waals surface area contributed by atoms with E-state index in [4.69, 9.17) is 16.1 Å². The summed E-state index contributed by atoms with van der Waals surface area (Å²) in [5, 5.41) is 4.24. The van der Waals surface area contributed by atoms with Gasteiger partial charge in [-0.05, 0) is 37.3 Å². The Kier molecular flexibility index (Phi) is 4.56. The van der Waals surface area contributed by atoms with Crippen LogP contribution in [0.2, 0.25) is 5.02 Å². The summed E-state index contributed by atoms with van der Waals surface area (Å²) in [4.78, 5) is 29.5. The van der Waals surface area contributed by atoms with Crippen LogP contribution >= 0.6 is 11.6 Å². The summed E-state index contributed by atoms with van der Waals surface area (Å²) >= 11 is 5.80. The molecule has 4 rings (SSSR count). The second-order valence-electron chi connectivity index (χ2n) is 6.08. The van der Waals surface area contributed by atoms with E-state index in [1.54, 1.807) is 31.2 Å². The Balaban J connectivity index is 1.79. The number of benzene rings is 2. The lowest BCUT2D eigenvalue weighted by Crippen LogP contribution is -2.39. The molecule has 28 heavy (non-hydrogen) atoms. The maximum Gasteiger partial charge on any atom is 0.331 e. The van der Waals surface area contributed by atoms with Crippen molar-refractivity contribution in [2.45, 2.75) is 20.0 Å². The number of hydrogen-bond acceptors (Lipinski definition) is 5. The Morgan fingerprint density at radius 2 is 1.93 bits per heavy atom. The van der Waals surface area contributed by atoms with Gasteiger partial charge in [-0.1, -0.05) is 28.9 Å². The zero-order valence-electron chi connectivity index (χ0n) is 14.7. The first-order chi connectivity index (χ1) is 13.5. The van der Waals surface area contributed by atoms with Crippen molar-refractivity contribution in [3.8, 4) is 11.4 Å². The average Bonchev–Trinajstić information content (AvgIpc) is 3.16. The molecule has 0 saturated carbocycles. The quantitative estimate of drug-likeness (QED) is 0.525. The van der Waals surface area contributed by atoms with Crippen molar-refractivity contribution >= 4 is 22.5 Å². The molecule has 2 aromatic carbocycles. The van der Waals surface area contributed by atoms with Crippen LogP contribution in [0.5, 0.6) is 0 Å². The number of nitrogens with zero attached hydrogens (tertiary/aromatic N) is 4. The Morgan fingerprint density at radius 3 is 2.68 bits per heavy atom. The first-order valence-corrected chi connectivity index (χ1v) is 8.87. The molecule has 0 fully saturated rings. The Hall–Kier alpha value is -3.26. The molecule has 0 saturated heterocycles. The Bertz CT molecular complexity index is 1310. The predicted octanol–water partition coefficient (Wildman–Crippen LogP) is 3.07. The Labute approximate surface area is 162 Å². The molecule has 0 spiro atoms. The average molecular weight is 401 g/mol. The lowest BCUT2D eigenvalue weighted by molar-refractivity contribution is 0.369. The van der Waals surface area contributed by atoms with Gasteiger partial charge in [0.2, 0.25) is 11.7 Å². The highest BCUT2D eigenvalue weighted by molar-refractivity contribution is 6.31. The molecule has 0 unspecified atom stereocenters. The van der Waals surface area contributed by atoms with Crippen molar-refractivity contribution < 1.29 is 8.91 Å². The largest absolute Gasteiger partial charge is 0.337 e. The lowest BCUT2D eigenvalue weighted by atomic mass is 10.2. The van der Waals surface area contributed by atoms with Crippen LogP contribution in [0.1, 0.15) is 12.8 Å². The molecule has 0 atom stereocenters. The number of hydrogen-bond donors (Lipinski definition) is 0. The van der Waals surface area contributed by atoms with E-state index in [-0.39, 0.29) is 35.4 Å². The number of fused-ring (bicyclic) bond motifs is 1. The van der Waals surface area contributed by atoms with Crippen molar-refractivity contribution in [2.75, 3.05) is 0 Å².